The zero-order valence-corrected chi connectivity index (χ0v) is 52.6. The van der Waals surface area contributed by atoms with Crippen molar-refractivity contribution < 1.29 is 25.8 Å². The molecule has 1 aliphatic heterocycles. The first kappa shape index (κ1) is 58.0. The van der Waals surface area contributed by atoms with Crippen molar-refractivity contribution in [3.05, 3.63) is 233 Å². The van der Waals surface area contributed by atoms with Gasteiger partial charge in [-0.3, -0.25) is 0 Å². The Morgan fingerprint density at radius 2 is 1.02 bits per heavy atom. The molecule has 10 rings (SSSR count). The van der Waals surface area contributed by atoms with Gasteiger partial charge in [-0.2, -0.15) is 6.07 Å². The summed E-state index contributed by atoms with van der Waals surface area (Å²) in [6.45, 7) is 41.8. The van der Waals surface area contributed by atoms with Crippen molar-refractivity contribution in [3.63, 3.8) is 0 Å². The number of benzene rings is 7. The number of allylic oxidation sites excluding steroid dienone is 2. The van der Waals surface area contributed by atoms with Crippen LogP contribution in [-0.4, -0.2) is 9.55 Å². The van der Waals surface area contributed by atoms with Crippen molar-refractivity contribution in [2.45, 2.75) is 146 Å². The van der Waals surface area contributed by atoms with E-state index in [0.717, 1.165) is 44.6 Å². The van der Waals surface area contributed by atoms with Crippen LogP contribution in [0.2, 0.25) is 0 Å². The van der Waals surface area contributed by atoms with Gasteiger partial charge in [-0.05, 0) is 97.5 Å². The minimum atomic E-state index is -0.310. The van der Waals surface area contributed by atoms with Crippen molar-refractivity contribution in [3.8, 4) is 28.4 Å². The van der Waals surface area contributed by atoms with E-state index in [0.29, 0.717) is 11.5 Å². The first-order chi connectivity index (χ1) is 37.2. The first-order valence-electron chi connectivity index (χ1n) is 28.5. The Balaban J connectivity index is 0.00000774. The zero-order valence-electron chi connectivity index (χ0n) is 50.3. The molecule has 0 saturated heterocycles. The van der Waals surface area contributed by atoms with E-state index in [4.69, 9.17) is 9.72 Å². The smallest absolute Gasteiger partial charge is 0.135 e. The van der Waals surface area contributed by atoms with E-state index >= 15 is 0 Å². The Kier molecular flexibility index (Phi) is 15.7. The fraction of sp³-hybridized carbons (Fsp3) is 0.324. The second-order valence-corrected chi connectivity index (χ2v) is 26.7. The normalized spacial score (nSPS) is 13.8. The fourth-order valence-corrected chi connectivity index (χ4v) is 11.8. The third-order valence-electron chi connectivity index (χ3n) is 16.4. The second-order valence-electron chi connectivity index (χ2n) is 26.7. The summed E-state index contributed by atoms with van der Waals surface area (Å²) >= 11 is 0. The molecule has 9 aromatic rings. The summed E-state index contributed by atoms with van der Waals surface area (Å²) in [6, 6.07) is 65.4. The molecule has 6 heteroatoms. The Morgan fingerprint density at radius 3 is 1.57 bits per heavy atom. The van der Waals surface area contributed by atoms with Crippen LogP contribution in [0.3, 0.4) is 0 Å². The van der Waals surface area contributed by atoms with Gasteiger partial charge >= 0.3 is 0 Å². The summed E-state index contributed by atoms with van der Waals surface area (Å²) in [5.41, 5.74) is 16.4. The number of hydrogen-bond donors (Lipinski definition) is 0. The van der Waals surface area contributed by atoms with Crippen LogP contribution in [0.25, 0.3) is 38.8 Å². The molecule has 0 atom stereocenters. The fourth-order valence-electron chi connectivity index (χ4n) is 11.8. The molecule has 2 aromatic heterocycles. The summed E-state index contributed by atoms with van der Waals surface area (Å²) in [7, 11) is 0. The minimum absolute atomic E-state index is 0. The minimum Gasteiger partial charge on any atom is -0.509 e. The van der Waals surface area contributed by atoms with Gasteiger partial charge in [-0.25, -0.2) is 4.98 Å². The van der Waals surface area contributed by atoms with E-state index in [9.17, 15) is 0 Å². The molecular formula is C74H81N4OPt-3. The van der Waals surface area contributed by atoms with Crippen LogP contribution in [-0.2, 0) is 37.3 Å². The predicted octanol–water partition coefficient (Wildman–Crippen LogP) is 20.2. The quantitative estimate of drug-likeness (QED) is 0.114. The third kappa shape index (κ3) is 11.0. The van der Waals surface area contributed by atoms with Gasteiger partial charge in [0.1, 0.15) is 5.82 Å². The van der Waals surface area contributed by atoms with Crippen LogP contribution in [0.1, 0.15) is 168 Å². The predicted molar refractivity (Wildman–Crippen MR) is 334 cm³/mol. The number of nitrogens with zero attached hydrogens (tertiary/aromatic N) is 4. The number of rotatable bonds is 12. The monoisotopic (exact) mass is 1240 g/mol. The molecule has 5 nitrogen and oxygen atoms in total. The van der Waals surface area contributed by atoms with Crippen LogP contribution >= 0.6 is 0 Å². The maximum atomic E-state index is 7.22. The number of fused-ring (bicyclic) bond motifs is 3. The van der Waals surface area contributed by atoms with Crippen LogP contribution in [0.15, 0.2) is 175 Å². The van der Waals surface area contributed by atoms with E-state index in [-0.39, 0.29) is 60.0 Å². The average Bonchev–Trinajstić information content (AvgIpc) is 4.14. The molecule has 416 valence electrons. The summed E-state index contributed by atoms with van der Waals surface area (Å²) in [4.78, 5) is 9.88. The van der Waals surface area contributed by atoms with Gasteiger partial charge in [0.05, 0.1) is 0 Å². The summed E-state index contributed by atoms with van der Waals surface area (Å²) in [5, 5.41) is 2.23. The number of para-hydroxylation sites is 1. The first-order valence-corrected chi connectivity index (χ1v) is 28.5. The van der Waals surface area contributed by atoms with E-state index in [1.165, 1.54) is 55.9 Å². The topological polar surface area (TPSA) is 33.5 Å². The number of aromatic nitrogens is 2. The molecule has 0 saturated carbocycles. The molecule has 0 aliphatic carbocycles. The van der Waals surface area contributed by atoms with Gasteiger partial charge in [0, 0.05) is 83.0 Å². The maximum Gasteiger partial charge on any atom is 0.135 e. The van der Waals surface area contributed by atoms with Crippen LogP contribution in [0.5, 0.6) is 11.5 Å². The second kappa shape index (κ2) is 21.7. The Bertz CT molecular complexity index is 3650. The van der Waals surface area contributed by atoms with Crippen LogP contribution in [0, 0.1) is 29.6 Å². The molecule has 80 heavy (non-hydrogen) atoms. The van der Waals surface area contributed by atoms with Crippen LogP contribution in [0.4, 0.5) is 11.4 Å². The molecule has 1 aliphatic rings. The number of hydrogen-bond acceptors (Lipinski definition) is 4. The molecule has 0 amide bonds. The molecule has 0 radical (unpaired) electrons. The van der Waals surface area contributed by atoms with Gasteiger partial charge in [-0.15, -0.1) is 53.6 Å². The van der Waals surface area contributed by atoms with Gasteiger partial charge in [0.2, 0.25) is 0 Å². The molecule has 0 unspecified atom stereocenters. The van der Waals surface area contributed by atoms with Gasteiger partial charge in [0.25, 0.3) is 0 Å². The van der Waals surface area contributed by atoms with Crippen molar-refractivity contribution >= 4 is 33.2 Å². The third-order valence-corrected chi connectivity index (χ3v) is 16.4. The Hall–Kier alpha value is -6.68. The molecule has 3 heterocycles. The van der Waals surface area contributed by atoms with Crippen molar-refractivity contribution in [2.24, 2.45) is 10.8 Å². The van der Waals surface area contributed by atoms with E-state index in [1.807, 2.05) is 6.20 Å². The molecule has 0 fully saturated rings. The van der Waals surface area contributed by atoms with Crippen LogP contribution < -0.4 is 14.5 Å². The van der Waals surface area contributed by atoms with Gasteiger partial charge in [0.15, 0.2) is 0 Å². The SMILES string of the molecule is CC(C)c1cccc(C(C)C)c1-c1cc(Oc2[c-]c3c(cc2)c2ccccc2n3-c2cc(C(C)(C)C)ccn2)[c-]c(N2[CH-]N(c3cc(C(C)(C)c4ccccc4)cc(C(C)(C)c4ccccc4)c3)C(C(C)(C)C)=C2C(C)(C)C)c1.[Pt]. The summed E-state index contributed by atoms with van der Waals surface area (Å²) < 4.78 is 9.45. The van der Waals surface area contributed by atoms with E-state index in [1.54, 1.807) is 0 Å². The maximum absolute atomic E-state index is 7.22. The zero-order chi connectivity index (χ0) is 56.6. The number of ether oxygens (including phenoxy) is 1. The van der Waals surface area contributed by atoms with Crippen molar-refractivity contribution in [1.82, 2.24) is 9.55 Å². The van der Waals surface area contributed by atoms with E-state index in [2.05, 4.69) is 309 Å². The Labute approximate surface area is 493 Å². The molecule has 0 spiro atoms. The standard InChI is InChI=1S/C74H81N4O.Pt/c1-48(2)60-32-26-33-61(49(3)4)67(60)50-39-56(45-59(40-50)79-58-35-36-63-62-31-24-25-34-64(62)78(65(63)46-58)66-44-53(37-38-75-66)70(5,6)7)76-47-77(69(72(11,12)13)68(76)71(8,9)10)57-42-54(73(14,15)51-27-20-18-21-28-51)41-55(43-57)74(16,17)52-29-22-19-23-30-52;/h18-44,47-49H,1-17H3;/q-3;. The molecule has 0 N–H and O–H groups in total. The summed E-state index contributed by atoms with van der Waals surface area (Å²) in [6.07, 6.45) is 1.92. The Morgan fingerprint density at radius 1 is 0.475 bits per heavy atom. The van der Waals surface area contributed by atoms with Crippen molar-refractivity contribution in [2.75, 3.05) is 9.80 Å². The van der Waals surface area contributed by atoms with Gasteiger partial charge < -0.3 is 19.1 Å². The van der Waals surface area contributed by atoms with Crippen molar-refractivity contribution in [1.29, 1.82) is 0 Å². The molecular weight excluding hydrogens is 1160 g/mol. The largest absolute Gasteiger partial charge is 0.509 e. The number of pyridine rings is 1. The molecule has 0 bridgehead atoms. The van der Waals surface area contributed by atoms with E-state index < -0.39 is 0 Å². The average molecular weight is 1240 g/mol. The molecule has 7 aromatic carbocycles. The number of anilines is 2. The summed E-state index contributed by atoms with van der Waals surface area (Å²) in [5.74, 6) is 2.63. The van der Waals surface area contributed by atoms with Gasteiger partial charge in [-0.1, -0.05) is 226 Å².